The summed E-state index contributed by atoms with van der Waals surface area (Å²) in [4.78, 5) is 1.39. The van der Waals surface area contributed by atoms with Crippen molar-refractivity contribution in [2.24, 2.45) is 0 Å². The van der Waals surface area contributed by atoms with Gasteiger partial charge in [0.15, 0.2) is 0 Å². The average molecular weight is 342 g/mol. The second kappa shape index (κ2) is 7.93. The van der Waals surface area contributed by atoms with E-state index in [2.05, 4.69) is 41.6 Å². The van der Waals surface area contributed by atoms with E-state index >= 15 is 0 Å². The SMILES string of the molecule is C#CCNC1CCCc2c(SCc3ccc(Cl)cc3)cccc21. The molecule has 0 spiro atoms. The lowest BCUT2D eigenvalue weighted by atomic mass is 9.87. The molecule has 0 radical (unpaired) electrons. The van der Waals surface area contributed by atoms with Crippen molar-refractivity contribution in [1.82, 2.24) is 5.32 Å². The van der Waals surface area contributed by atoms with Gasteiger partial charge in [-0.15, -0.1) is 18.2 Å². The molecule has 1 nitrogen and oxygen atoms in total. The minimum absolute atomic E-state index is 0.394. The Kier molecular flexibility index (Phi) is 5.67. The fourth-order valence-corrected chi connectivity index (χ4v) is 4.30. The van der Waals surface area contributed by atoms with Crippen LogP contribution in [0.25, 0.3) is 0 Å². The lowest BCUT2D eigenvalue weighted by Gasteiger charge is -2.27. The standard InChI is InChI=1S/C20H20ClNS/c1-2-13-22-19-7-3-6-18-17(19)5-4-8-20(18)23-14-15-9-11-16(21)12-10-15/h1,4-5,8-12,19,22H,3,6-7,13-14H2. The van der Waals surface area contributed by atoms with E-state index in [-0.39, 0.29) is 0 Å². The van der Waals surface area contributed by atoms with Crippen LogP contribution in [0.5, 0.6) is 0 Å². The molecule has 1 unspecified atom stereocenters. The van der Waals surface area contributed by atoms with Gasteiger partial charge in [-0.3, -0.25) is 5.32 Å². The number of hydrogen-bond donors (Lipinski definition) is 1. The van der Waals surface area contributed by atoms with Crippen molar-refractivity contribution >= 4 is 23.4 Å². The number of thioether (sulfide) groups is 1. The molecule has 1 atom stereocenters. The first-order valence-corrected chi connectivity index (χ1v) is 9.30. The molecule has 0 amide bonds. The Morgan fingerprint density at radius 3 is 2.83 bits per heavy atom. The van der Waals surface area contributed by atoms with Crippen molar-refractivity contribution in [3.8, 4) is 12.3 Å². The minimum Gasteiger partial charge on any atom is -0.299 e. The van der Waals surface area contributed by atoms with Gasteiger partial charge in [0, 0.05) is 21.7 Å². The number of hydrogen-bond acceptors (Lipinski definition) is 2. The molecule has 0 aliphatic heterocycles. The van der Waals surface area contributed by atoms with Gasteiger partial charge in [0.25, 0.3) is 0 Å². The topological polar surface area (TPSA) is 12.0 Å². The molecule has 0 saturated carbocycles. The maximum absolute atomic E-state index is 5.95. The molecule has 1 aliphatic rings. The molecule has 3 heteroatoms. The Morgan fingerprint density at radius 2 is 2.04 bits per heavy atom. The zero-order valence-corrected chi connectivity index (χ0v) is 14.6. The van der Waals surface area contributed by atoms with E-state index < -0.39 is 0 Å². The molecule has 0 fully saturated rings. The quantitative estimate of drug-likeness (QED) is 0.590. The molecule has 118 valence electrons. The number of rotatable bonds is 5. The zero-order chi connectivity index (χ0) is 16.1. The smallest absolute Gasteiger partial charge is 0.0578 e. The van der Waals surface area contributed by atoms with Crippen molar-refractivity contribution in [1.29, 1.82) is 0 Å². The van der Waals surface area contributed by atoms with E-state index in [1.807, 2.05) is 23.9 Å². The first-order valence-electron chi connectivity index (χ1n) is 7.94. The maximum Gasteiger partial charge on any atom is 0.0578 e. The Morgan fingerprint density at radius 1 is 1.22 bits per heavy atom. The van der Waals surface area contributed by atoms with Gasteiger partial charge in [0.1, 0.15) is 0 Å². The van der Waals surface area contributed by atoms with E-state index in [0.717, 1.165) is 17.2 Å². The molecule has 2 aromatic rings. The summed E-state index contributed by atoms with van der Waals surface area (Å²) in [6.07, 6.45) is 8.94. The van der Waals surface area contributed by atoms with Crippen molar-refractivity contribution in [2.45, 2.75) is 36.0 Å². The normalized spacial score (nSPS) is 16.6. The number of halogens is 1. The Bertz CT molecular complexity index is 703. The van der Waals surface area contributed by atoms with E-state index in [4.69, 9.17) is 18.0 Å². The van der Waals surface area contributed by atoms with Gasteiger partial charge in [-0.2, -0.15) is 0 Å². The predicted molar refractivity (Wildman–Crippen MR) is 100.0 cm³/mol. The number of terminal acetylenes is 1. The number of nitrogens with one attached hydrogen (secondary N) is 1. The van der Waals surface area contributed by atoms with E-state index in [0.29, 0.717) is 12.6 Å². The summed E-state index contributed by atoms with van der Waals surface area (Å²) in [5.41, 5.74) is 4.22. The lowest BCUT2D eigenvalue weighted by Crippen LogP contribution is -2.25. The monoisotopic (exact) mass is 341 g/mol. The molecule has 3 rings (SSSR count). The first kappa shape index (κ1) is 16.5. The molecule has 1 aliphatic carbocycles. The third kappa shape index (κ3) is 4.12. The Balaban J connectivity index is 1.75. The van der Waals surface area contributed by atoms with Crippen LogP contribution in [0.4, 0.5) is 0 Å². The molecular formula is C20H20ClNS. The second-order valence-electron chi connectivity index (χ2n) is 5.77. The molecular weight excluding hydrogens is 322 g/mol. The molecule has 0 aromatic heterocycles. The summed E-state index contributed by atoms with van der Waals surface area (Å²) in [7, 11) is 0. The average Bonchev–Trinajstić information content (AvgIpc) is 2.59. The van der Waals surface area contributed by atoms with Crippen LogP contribution in [0.2, 0.25) is 5.02 Å². The highest BCUT2D eigenvalue weighted by atomic mass is 35.5. The fourth-order valence-electron chi connectivity index (χ4n) is 3.09. The van der Waals surface area contributed by atoms with Gasteiger partial charge in [-0.1, -0.05) is 41.8 Å². The molecule has 2 aromatic carbocycles. The van der Waals surface area contributed by atoms with Crippen LogP contribution in [-0.2, 0) is 12.2 Å². The van der Waals surface area contributed by atoms with Crippen molar-refractivity contribution < 1.29 is 0 Å². The molecule has 23 heavy (non-hydrogen) atoms. The van der Waals surface area contributed by atoms with Crippen LogP contribution in [0.3, 0.4) is 0 Å². The number of fused-ring (bicyclic) bond motifs is 1. The summed E-state index contributed by atoms with van der Waals surface area (Å²) >= 11 is 7.86. The zero-order valence-electron chi connectivity index (χ0n) is 13.0. The van der Waals surface area contributed by atoms with E-state index in [9.17, 15) is 0 Å². The molecule has 1 N–H and O–H groups in total. The summed E-state index contributed by atoms with van der Waals surface area (Å²) in [5, 5.41) is 4.26. The van der Waals surface area contributed by atoms with Crippen LogP contribution >= 0.6 is 23.4 Å². The summed E-state index contributed by atoms with van der Waals surface area (Å²) in [6, 6.07) is 15.2. The Hall–Kier alpha value is -1.40. The minimum atomic E-state index is 0.394. The first-order chi connectivity index (χ1) is 11.3. The van der Waals surface area contributed by atoms with Crippen LogP contribution in [0.15, 0.2) is 47.4 Å². The van der Waals surface area contributed by atoms with Crippen molar-refractivity contribution in [3.63, 3.8) is 0 Å². The van der Waals surface area contributed by atoms with Gasteiger partial charge < -0.3 is 0 Å². The van der Waals surface area contributed by atoms with Crippen molar-refractivity contribution in [3.05, 3.63) is 64.2 Å². The van der Waals surface area contributed by atoms with Gasteiger partial charge >= 0.3 is 0 Å². The second-order valence-corrected chi connectivity index (χ2v) is 7.22. The highest BCUT2D eigenvalue weighted by Gasteiger charge is 2.21. The van der Waals surface area contributed by atoms with Gasteiger partial charge in [-0.05, 0) is 54.2 Å². The molecule has 0 saturated heterocycles. The van der Waals surface area contributed by atoms with Crippen LogP contribution < -0.4 is 5.32 Å². The number of benzene rings is 2. The highest BCUT2D eigenvalue weighted by Crippen LogP contribution is 2.36. The summed E-state index contributed by atoms with van der Waals surface area (Å²) in [6.45, 7) is 0.631. The summed E-state index contributed by atoms with van der Waals surface area (Å²) < 4.78 is 0. The predicted octanol–water partition coefficient (Wildman–Crippen LogP) is 5.23. The largest absolute Gasteiger partial charge is 0.299 e. The lowest BCUT2D eigenvalue weighted by molar-refractivity contribution is 0.479. The third-order valence-corrected chi connectivity index (χ3v) is 5.65. The van der Waals surface area contributed by atoms with Gasteiger partial charge in [-0.25, -0.2) is 0 Å². The van der Waals surface area contributed by atoms with Crippen LogP contribution in [0.1, 0.15) is 35.6 Å². The third-order valence-electron chi connectivity index (χ3n) is 4.22. The fraction of sp³-hybridized carbons (Fsp3) is 0.300. The highest BCUT2D eigenvalue weighted by molar-refractivity contribution is 7.98. The van der Waals surface area contributed by atoms with E-state index in [1.54, 1.807) is 0 Å². The van der Waals surface area contributed by atoms with Gasteiger partial charge in [0.05, 0.1) is 6.54 Å². The maximum atomic E-state index is 5.95. The summed E-state index contributed by atoms with van der Waals surface area (Å²) in [5.74, 6) is 3.65. The molecule has 0 bridgehead atoms. The van der Waals surface area contributed by atoms with Gasteiger partial charge in [0.2, 0.25) is 0 Å². The Labute approximate surface area is 147 Å². The van der Waals surface area contributed by atoms with E-state index in [1.165, 1.54) is 34.4 Å². The van der Waals surface area contributed by atoms with Crippen LogP contribution in [0, 0.1) is 12.3 Å². The van der Waals surface area contributed by atoms with Crippen LogP contribution in [-0.4, -0.2) is 6.54 Å². The molecule has 0 heterocycles. The van der Waals surface area contributed by atoms with Crippen molar-refractivity contribution in [2.75, 3.05) is 6.54 Å².